The van der Waals surface area contributed by atoms with Crippen molar-refractivity contribution in [2.45, 2.75) is 56.4 Å². The number of imide groups is 1. The monoisotopic (exact) mass is 370 g/mol. The van der Waals surface area contributed by atoms with Crippen molar-refractivity contribution in [2.75, 3.05) is 6.54 Å². The highest BCUT2D eigenvalue weighted by Gasteiger charge is 2.72. The van der Waals surface area contributed by atoms with Gasteiger partial charge >= 0.3 is 23.8 Å². The highest BCUT2D eigenvalue weighted by Crippen LogP contribution is 2.34. The number of carbonyl (C=O) groups excluding carboxylic acids is 2. The van der Waals surface area contributed by atoms with Crippen LogP contribution in [0.25, 0.3) is 0 Å². The SMILES string of the molecule is O=C1N[C@]([NH2+]CCc2ccccc2)(C(F)(F)F)C(=O)N1C1CCCCC1. The second-order valence-corrected chi connectivity index (χ2v) is 6.93. The number of carbonyl (C=O) groups is 2. The molecule has 26 heavy (non-hydrogen) atoms. The standard InChI is InChI=1S/C18H22F3N3O2/c19-18(20,21)17(22-12-11-13-7-3-1-4-8-13)15(25)24(16(26)23-17)14-9-5-2-6-10-14/h1,3-4,7-8,14,22H,2,5-6,9-12H2,(H,23,26)/p+1/t17-/m0/s1. The molecular formula is C18H23F3N3O2+. The lowest BCUT2D eigenvalue weighted by Gasteiger charge is -2.30. The van der Waals surface area contributed by atoms with Gasteiger partial charge in [0.05, 0.1) is 6.54 Å². The van der Waals surface area contributed by atoms with Crippen LogP contribution in [0.2, 0.25) is 0 Å². The summed E-state index contributed by atoms with van der Waals surface area (Å²) >= 11 is 0. The first-order chi connectivity index (χ1) is 12.3. The molecule has 1 saturated heterocycles. The van der Waals surface area contributed by atoms with Crippen LogP contribution in [-0.4, -0.2) is 41.3 Å². The van der Waals surface area contributed by atoms with Gasteiger partial charge in [-0.3, -0.25) is 15.0 Å². The molecule has 3 N–H and O–H groups in total. The predicted molar refractivity (Wildman–Crippen MR) is 88.0 cm³/mol. The van der Waals surface area contributed by atoms with Crippen molar-refractivity contribution in [1.29, 1.82) is 0 Å². The number of benzene rings is 1. The van der Waals surface area contributed by atoms with Gasteiger partial charge in [-0.25, -0.2) is 4.79 Å². The summed E-state index contributed by atoms with van der Waals surface area (Å²) in [6.45, 7) is 0.0358. The van der Waals surface area contributed by atoms with Crippen LogP contribution in [0.1, 0.15) is 37.7 Å². The normalized spacial score (nSPS) is 24.8. The lowest BCUT2D eigenvalue weighted by Crippen LogP contribution is -3.05. The Morgan fingerprint density at radius 2 is 1.77 bits per heavy atom. The largest absolute Gasteiger partial charge is 0.476 e. The van der Waals surface area contributed by atoms with Crippen molar-refractivity contribution in [3.05, 3.63) is 35.9 Å². The van der Waals surface area contributed by atoms with E-state index in [0.29, 0.717) is 19.3 Å². The zero-order valence-corrected chi connectivity index (χ0v) is 14.4. The van der Waals surface area contributed by atoms with Gasteiger partial charge in [-0.15, -0.1) is 0 Å². The number of hydrogen-bond donors (Lipinski definition) is 2. The molecule has 1 aromatic rings. The summed E-state index contributed by atoms with van der Waals surface area (Å²) in [5, 5.41) is 2.87. The van der Waals surface area contributed by atoms with Gasteiger partial charge in [0.1, 0.15) is 0 Å². The van der Waals surface area contributed by atoms with Crippen LogP contribution in [0.15, 0.2) is 30.3 Å². The number of nitrogens with two attached hydrogens (primary N) is 1. The third-order valence-corrected chi connectivity index (χ3v) is 5.19. The van der Waals surface area contributed by atoms with Crippen LogP contribution in [0.4, 0.5) is 18.0 Å². The zero-order chi connectivity index (χ0) is 18.8. The lowest BCUT2D eigenvalue weighted by atomic mass is 9.94. The van der Waals surface area contributed by atoms with Gasteiger partial charge in [-0.05, 0) is 18.4 Å². The lowest BCUT2D eigenvalue weighted by molar-refractivity contribution is -0.740. The molecule has 0 bridgehead atoms. The maximum Gasteiger partial charge on any atom is 0.476 e. The third-order valence-electron chi connectivity index (χ3n) is 5.19. The topological polar surface area (TPSA) is 66.0 Å². The summed E-state index contributed by atoms with van der Waals surface area (Å²) in [4.78, 5) is 25.8. The minimum atomic E-state index is -4.88. The molecule has 1 heterocycles. The summed E-state index contributed by atoms with van der Waals surface area (Å²) in [7, 11) is 0. The molecule has 0 unspecified atom stereocenters. The zero-order valence-electron chi connectivity index (χ0n) is 14.4. The van der Waals surface area contributed by atoms with Gasteiger partial charge < -0.3 is 5.32 Å². The van der Waals surface area contributed by atoms with Gasteiger partial charge in [0, 0.05) is 12.5 Å². The molecule has 1 saturated carbocycles. The molecule has 1 aromatic carbocycles. The molecule has 2 aliphatic rings. The molecule has 1 atom stereocenters. The number of halogens is 3. The number of nitrogens with one attached hydrogen (secondary N) is 1. The third kappa shape index (κ3) is 3.42. The summed E-state index contributed by atoms with van der Waals surface area (Å²) in [5.74, 6) is -1.19. The average molecular weight is 370 g/mol. The van der Waals surface area contributed by atoms with Crippen LogP contribution in [0, 0.1) is 0 Å². The molecule has 0 spiro atoms. The second kappa shape index (κ2) is 7.26. The van der Waals surface area contributed by atoms with Crippen molar-refractivity contribution in [2.24, 2.45) is 0 Å². The van der Waals surface area contributed by atoms with Crippen molar-refractivity contribution < 1.29 is 28.1 Å². The molecule has 142 valence electrons. The molecule has 0 radical (unpaired) electrons. The van der Waals surface area contributed by atoms with Crippen molar-refractivity contribution >= 4 is 11.9 Å². The van der Waals surface area contributed by atoms with Gasteiger partial charge in [0.25, 0.3) is 0 Å². The molecule has 3 rings (SSSR count). The average Bonchev–Trinajstić information content (AvgIpc) is 2.88. The number of rotatable bonds is 5. The van der Waals surface area contributed by atoms with E-state index in [1.54, 1.807) is 0 Å². The van der Waals surface area contributed by atoms with Gasteiger partial charge in [-0.2, -0.15) is 13.2 Å². The molecule has 5 nitrogen and oxygen atoms in total. The van der Waals surface area contributed by atoms with Gasteiger partial charge in [-0.1, -0.05) is 49.6 Å². The molecule has 2 fully saturated rings. The Morgan fingerprint density at radius 1 is 1.12 bits per heavy atom. The molecular weight excluding hydrogens is 347 g/mol. The first-order valence-corrected chi connectivity index (χ1v) is 8.96. The molecule has 8 heteroatoms. The van der Waals surface area contributed by atoms with Crippen LogP contribution in [-0.2, 0) is 11.2 Å². The number of hydrogen-bond acceptors (Lipinski definition) is 2. The van der Waals surface area contributed by atoms with E-state index in [-0.39, 0.29) is 6.54 Å². The van der Waals surface area contributed by atoms with Crippen molar-refractivity contribution in [3.8, 4) is 0 Å². The summed E-state index contributed by atoms with van der Waals surface area (Å²) in [6.07, 6.45) is -0.760. The fourth-order valence-electron chi connectivity index (χ4n) is 3.78. The number of alkyl halides is 3. The Hall–Kier alpha value is -2.09. The van der Waals surface area contributed by atoms with E-state index in [0.717, 1.165) is 35.0 Å². The van der Waals surface area contributed by atoms with Crippen molar-refractivity contribution in [1.82, 2.24) is 10.2 Å². The maximum absolute atomic E-state index is 13.8. The molecule has 3 amide bonds. The second-order valence-electron chi connectivity index (χ2n) is 6.93. The van der Waals surface area contributed by atoms with E-state index in [4.69, 9.17) is 0 Å². The smallest absolute Gasteiger partial charge is 0.308 e. The fourth-order valence-corrected chi connectivity index (χ4v) is 3.78. The van der Waals surface area contributed by atoms with Crippen LogP contribution in [0.3, 0.4) is 0 Å². The van der Waals surface area contributed by atoms with E-state index in [2.05, 4.69) is 0 Å². The van der Waals surface area contributed by atoms with Gasteiger partial charge in [0.2, 0.25) is 0 Å². The molecule has 1 aliphatic carbocycles. The highest BCUT2D eigenvalue weighted by atomic mass is 19.4. The Morgan fingerprint density at radius 3 is 2.38 bits per heavy atom. The Balaban J connectivity index is 1.77. The summed E-state index contributed by atoms with van der Waals surface area (Å²) in [6, 6.07) is 7.70. The first kappa shape index (κ1) is 18.7. The highest BCUT2D eigenvalue weighted by molar-refractivity contribution is 6.06. The molecule has 1 aliphatic heterocycles. The summed E-state index contributed by atoms with van der Waals surface area (Å²) < 4.78 is 41.4. The number of nitrogens with zero attached hydrogens (tertiary/aromatic N) is 1. The summed E-state index contributed by atoms with van der Waals surface area (Å²) in [5.41, 5.74) is -2.04. The number of amides is 3. The Bertz CT molecular complexity index is 659. The minimum Gasteiger partial charge on any atom is -0.308 e. The van der Waals surface area contributed by atoms with E-state index in [1.807, 2.05) is 35.6 Å². The minimum absolute atomic E-state index is 0.0358. The quantitative estimate of drug-likeness (QED) is 0.778. The van der Waals surface area contributed by atoms with Crippen LogP contribution >= 0.6 is 0 Å². The first-order valence-electron chi connectivity index (χ1n) is 8.96. The maximum atomic E-state index is 13.8. The van der Waals surface area contributed by atoms with Crippen molar-refractivity contribution in [3.63, 3.8) is 0 Å². The molecule has 0 aromatic heterocycles. The van der Waals surface area contributed by atoms with Gasteiger partial charge in [0.15, 0.2) is 0 Å². The Kier molecular flexibility index (Phi) is 5.22. The van der Waals surface area contributed by atoms with E-state index < -0.39 is 29.8 Å². The number of urea groups is 1. The number of quaternary nitrogens is 1. The van der Waals surface area contributed by atoms with Crippen LogP contribution < -0.4 is 10.6 Å². The Labute approximate surface area is 149 Å². The van der Waals surface area contributed by atoms with Crippen LogP contribution in [0.5, 0.6) is 0 Å². The van der Waals surface area contributed by atoms with E-state index in [1.165, 1.54) is 0 Å². The fraction of sp³-hybridized carbons (Fsp3) is 0.556. The van der Waals surface area contributed by atoms with E-state index in [9.17, 15) is 22.8 Å². The predicted octanol–water partition coefficient (Wildman–Crippen LogP) is 1.94. The van der Waals surface area contributed by atoms with E-state index >= 15 is 0 Å².